The minimum absolute atomic E-state index is 0.0158. The molecule has 1 unspecified atom stereocenters. The van der Waals surface area contributed by atoms with E-state index in [1.165, 1.54) is 0 Å². The van der Waals surface area contributed by atoms with E-state index in [4.69, 9.17) is 23.9 Å². The fraction of sp³-hybridized carbons (Fsp3) is 0.447. The summed E-state index contributed by atoms with van der Waals surface area (Å²) in [4.78, 5) is 77.4. The van der Waals surface area contributed by atoms with Gasteiger partial charge in [-0.1, -0.05) is 95.3 Å². The van der Waals surface area contributed by atoms with Gasteiger partial charge in [0.1, 0.15) is 35.5 Å². The number of amides is 2. The number of carbonyl (C=O) groups excluding carboxylic acids is 5. The third kappa shape index (κ3) is 9.95. The highest BCUT2D eigenvalue weighted by atomic mass is 16.6. The van der Waals surface area contributed by atoms with Gasteiger partial charge < -0.3 is 34.6 Å². The zero-order valence-corrected chi connectivity index (χ0v) is 35.8. The Labute approximate surface area is 352 Å². The van der Waals surface area contributed by atoms with Gasteiger partial charge in [0.15, 0.2) is 0 Å². The van der Waals surface area contributed by atoms with Crippen molar-refractivity contribution >= 4 is 53.0 Å². The van der Waals surface area contributed by atoms with Gasteiger partial charge in [0.25, 0.3) is 0 Å². The highest BCUT2D eigenvalue weighted by Gasteiger charge is 2.40. The van der Waals surface area contributed by atoms with Crippen molar-refractivity contribution < 1.29 is 42.9 Å². The number of carbonyl (C=O) groups is 5. The Bertz CT molecular complexity index is 2110. The molecule has 1 atom stereocenters. The molecule has 0 radical (unpaired) electrons. The van der Waals surface area contributed by atoms with Gasteiger partial charge >= 0.3 is 17.9 Å². The molecule has 0 bridgehead atoms. The molecule has 1 saturated heterocycles. The molecule has 320 valence electrons. The molecule has 2 amide bonds. The van der Waals surface area contributed by atoms with Crippen molar-refractivity contribution in [3.63, 3.8) is 0 Å². The summed E-state index contributed by atoms with van der Waals surface area (Å²) in [7, 11) is 0. The van der Waals surface area contributed by atoms with E-state index in [1.54, 1.807) is 19.9 Å². The number of amidine groups is 1. The SMILES string of the molecule is CCOC(=O)C1=C(c2ccccc2)C(=Cc2[nH]c(NC(=O)C(CC)(CC)CC)c(C(=O)OCC)c2-c2ccccc2)N=C1NC(=O)C(CC)(CC)CCC(=O)OCC1CO1. The number of rotatable bonds is 20. The molecule has 2 aromatic carbocycles. The molecule has 3 N–H and O–H groups in total. The Hall–Kier alpha value is -5.82. The predicted molar refractivity (Wildman–Crippen MR) is 231 cm³/mol. The van der Waals surface area contributed by atoms with E-state index < -0.39 is 34.6 Å². The van der Waals surface area contributed by atoms with Crippen LogP contribution >= 0.6 is 0 Å². The van der Waals surface area contributed by atoms with Crippen LogP contribution < -0.4 is 10.6 Å². The summed E-state index contributed by atoms with van der Waals surface area (Å²) in [5, 5.41) is 6.01. The summed E-state index contributed by atoms with van der Waals surface area (Å²) in [6.07, 6.45) is 4.41. The quantitative estimate of drug-likeness (QED) is 0.0573. The second kappa shape index (κ2) is 20.4. The van der Waals surface area contributed by atoms with E-state index >= 15 is 0 Å². The maximum atomic E-state index is 14.4. The van der Waals surface area contributed by atoms with Crippen molar-refractivity contribution in [3.8, 4) is 11.1 Å². The average Bonchev–Trinajstić information content (AvgIpc) is 3.94. The fourth-order valence-corrected chi connectivity index (χ4v) is 7.66. The standard InChI is InChI=1S/C47H58N4O9/c1-8-46(9-2,10-3)44(55)50-40-38(42(53)57-13-6)36(30-21-17-15-18-22-30)33(48-40)27-34-37(31-23-19-16-20-24-31)39(43(54)58-14-7)41(49-34)51-45(56)47(11-4,12-5)26-25-35(52)60-29-32-28-59-32/h15-24,27,32,48H,8-14,25-26,28-29H2,1-7H3,(H,50,55)(H,49,51,56). The van der Waals surface area contributed by atoms with Gasteiger partial charge in [0.2, 0.25) is 11.8 Å². The summed E-state index contributed by atoms with van der Waals surface area (Å²) in [6.45, 7) is 14.0. The lowest BCUT2D eigenvalue weighted by molar-refractivity contribution is -0.145. The molecule has 0 aliphatic carbocycles. The third-order valence-corrected chi connectivity index (χ3v) is 11.8. The highest BCUT2D eigenvalue weighted by molar-refractivity contribution is 6.31. The van der Waals surface area contributed by atoms with Crippen LogP contribution in [-0.2, 0) is 38.1 Å². The maximum absolute atomic E-state index is 14.4. The van der Waals surface area contributed by atoms with Crippen LogP contribution in [-0.4, -0.2) is 73.1 Å². The monoisotopic (exact) mass is 822 g/mol. The molecule has 0 saturated carbocycles. The number of benzene rings is 2. The first kappa shape index (κ1) is 45.3. The van der Waals surface area contributed by atoms with Crippen molar-refractivity contribution in [2.75, 3.05) is 31.7 Å². The summed E-state index contributed by atoms with van der Waals surface area (Å²) >= 11 is 0. The third-order valence-electron chi connectivity index (χ3n) is 11.8. The van der Waals surface area contributed by atoms with Crippen molar-refractivity contribution in [1.82, 2.24) is 10.3 Å². The van der Waals surface area contributed by atoms with E-state index in [0.717, 1.165) is 0 Å². The summed E-state index contributed by atoms with van der Waals surface area (Å²) < 4.78 is 21.7. The van der Waals surface area contributed by atoms with Gasteiger partial charge in [0, 0.05) is 28.4 Å². The molecule has 13 nitrogen and oxygen atoms in total. The lowest BCUT2D eigenvalue weighted by Crippen LogP contribution is -2.44. The molecule has 1 fully saturated rings. The first-order valence-electron chi connectivity index (χ1n) is 21.1. The van der Waals surface area contributed by atoms with Gasteiger partial charge in [-0.15, -0.1) is 0 Å². The topological polar surface area (TPSA) is 178 Å². The number of esters is 3. The first-order valence-corrected chi connectivity index (χ1v) is 21.1. The zero-order chi connectivity index (χ0) is 43.5. The largest absolute Gasteiger partial charge is 0.463 e. The molecule has 2 aliphatic heterocycles. The molecule has 2 aliphatic rings. The fourth-order valence-electron chi connectivity index (χ4n) is 7.66. The number of hydrogen-bond acceptors (Lipinski definition) is 10. The summed E-state index contributed by atoms with van der Waals surface area (Å²) in [5.74, 6) is -2.27. The highest BCUT2D eigenvalue weighted by Crippen LogP contribution is 2.42. The summed E-state index contributed by atoms with van der Waals surface area (Å²) in [6, 6.07) is 18.4. The van der Waals surface area contributed by atoms with Gasteiger partial charge in [-0.25, -0.2) is 14.6 Å². The Kier molecular flexibility index (Phi) is 15.4. The van der Waals surface area contributed by atoms with Crippen LogP contribution in [0.1, 0.15) is 115 Å². The number of anilines is 1. The minimum Gasteiger partial charge on any atom is -0.463 e. The number of ether oxygens (including phenoxy) is 4. The molecule has 3 heterocycles. The second-order valence-electron chi connectivity index (χ2n) is 15.0. The van der Waals surface area contributed by atoms with Crippen molar-refractivity contribution in [2.45, 2.75) is 99.5 Å². The van der Waals surface area contributed by atoms with Crippen LogP contribution in [0.15, 0.2) is 76.9 Å². The van der Waals surface area contributed by atoms with Crippen molar-refractivity contribution in [2.24, 2.45) is 15.8 Å². The van der Waals surface area contributed by atoms with Crippen LogP contribution in [0.2, 0.25) is 0 Å². The molecular formula is C47H58N4O9. The smallest absolute Gasteiger partial charge is 0.342 e. The van der Waals surface area contributed by atoms with Gasteiger partial charge in [-0.2, -0.15) is 0 Å². The lowest BCUT2D eigenvalue weighted by atomic mass is 9.77. The molecule has 3 aromatic rings. The number of hydrogen-bond donors (Lipinski definition) is 3. The van der Waals surface area contributed by atoms with E-state index in [0.29, 0.717) is 66.7 Å². The van der Waals surface area contributed by atoms with Crippen LogP contribution in [0.3, 0.4) is 0 Å². The van der Waals surface area contributed by atoms with Gasteiger partial charge in [-0.3, -0.25) is 14.4 Å². The van der Waals surface area contributed by atoms with Crippen LogP contribution in [0.25, 0.3) is 22.8 Å². The van der Waals surface area contributed by atoms with Crippen LogP contribution in [0.5, 0.6) is 0 Å². The number of aromatic amines is 1. The van der Waals surface area contributed by atoms with E-state index in [2.05, 4.69) is 15.6 Å². The number of aliphatic imine (C=N–C) groups is 1. The van der Waals surface area contributed by atoms with Gasteiger partial charge in [-0.05, 0) is 69.6 Å². The maximum Gasteiger partial charge on any atom is 0.342 e. The number of aromatic nitrogens is 1. The molecule has 5 rings (SSSR count). The lowest BCUT2D eigenvalue weighted by Gasteiger charge is -2.30. The van der Waals surface area contributed by atoms with E-state index in [1.807, 2.05) is 95.3 Å². The van der Waals surface area contributed by atoms with Crippen molar-refractivity contribution in [3.05, 3.63) is 88.8 Å². The van der Waals surface area contributed by atoms with Crippen LogP contribution in [0.4, 0.5) is 5.82 Å². The first-order chi connectivity index (χ1) is 28.9. The normalized spacial score (nSPS) is 15.7. The average molecular weight is 823 g/mol. The van der Waals surface area contributed by atoms with E-state index in [-0.39, 0.29) is 73.2 Å². The molecule has 60 heavy (non-hydrogen) atoms. The Morgan fingerprint density at radius 2 is 1.30 bits per heavy atom. The molecule has 0 spiro atoms. The molecule has 13 heteroatoms. The predicted octanol–water partition coefficient (Wildman–Crippen LogP) is 8.43. The van der Waals surface area contributed by atoms with E-state index in [9.17, 15) is 24.0 Å². The summed E-state index contributed by atoms with van der Waals surface area (Å²) in [5.41, 5.74) is 1.26. The molecule has 1 aromatic heterocycles. The minimum atomic E-state index is -0.997. The number of nitrogens with zero attached hydrogens (tertiary/aromatic N) is 1. The van der Waals surface area contributed by atoms with Gasteiger partial charge in [0.05, 0.1) is 31.2 Å². The number of epoxide rings is 1. The van der Waals surface area contributed by atoms with Crippen LogP contribution in [0, 0.1) is 10.8 Å². The number of nitrogens with one attached hydrogen (secondary N) is 3. The zero-order valence-electron chi connectivity index (χ0n) is 35.8. The van der Waals surface area contributed by atoms with Crippen molar-refractivity contribution in [1.29, 1.82) is 0 Å². The number of H-pyrrole nitrogens is 1. The molecular weight excluding hydrogens is 765 g/mol. The Morgan fingerprint density at radius 1 is 0.750 bits per heavy atom. The Morgan fingerprint density at radius 3 is 1.85 bits per heavy atom. The second-order valence-corrected chi connectivity index (χ2v) is 15.0. The Balaban J connectivity index is 1.70. The number of allylic oxidation sites excluding steroid dienone is 1.